The Morgan fingerprint density at radius 3 is 2.63 bits per heavy atom. The zero-order valence-corrected chi connectivity index (χ0v) is 10.4. The molecular weight excluding hydrogens is 281 g/mol. The van der Waals surface area contributed by atoms with Gasteiger partial charge >= 0.3 is 6.18 Å². The summed E-state index contributed by atoms with van der Waals surface area (Å²) in [6, 6.07) is 7.37. The lowest BCUT2D eigenvalue weighted by atomic mass is 10.1. The van der Waals surface area contributed by atoms with Crippen LogP contribution in [-0.4, -0.2) is 14.9 Å². The van der Waals surface area contributed by atoms with E-state index in [1.54, 1.807) is 24.3 Å². The van der Waals surface area contributed by atoms with Crippen molar-refractivity contribution in [1.82, 2.24) is 9.78 Å². The number of alkyl halides is 3. The van der Waals surface area contributed by atoms with Gasteiger partial charge in [0.1, 0.15) is 0 Å². The molecule has 2 aromatic rings. The van der Waals surface area contributed by atoms with Crippen LogP contribution in [0.15, 0.2) is 36.5 Å². The van der Waals surface area contributed by atoms with Crippen LogP contribution < -0.4 is 0 Å². The van der Waals surface area contributed by atoms with E-state index in [1.807, 2.05) is 0 Å². The van der Waals surface area contributed by atoms with Crippen LogP contribution in [-0.2, 0) is 12.7 Å². The molecule has 3 nitrogen and oxygen atoms in total. The minimum Gasteiger partial charge on any atom is -0.386 e. The SMILES string of the molecule is OC(Cn1ccc(C(F)(F)F)n1)c1cccc(Cl)c1. The summed E-state index contributed by atoms with van der Waals surface area (Å²) in [4.78, 5) is 0. The molecule has 0 radical (unpaired) electrons. The molecule has 102 valence electrons. The number of aliphatic hydroxyl groups is 1. The molecule has 1 atom stereocenters. The molecule has 7 heteroatoms. The Balaban J connectivity index is 2.11. The first kappa shape index (κ1) is 13.9. The lowest BCUT2D eigenvalue weighted by Gasteiger charge is -2.11. The molecule has 0 aliphatic heterocycles. The van der Waals surface area contributed by atoms with Gasteiger partial charge in [0.15, 0.2) is 5.69 Å². The molecular formula is C12H10ClF3N2O. The summed E-state index contributed by atoms with van der Waals surface area (Å²) >= 11 is 5.77. The van der Waals surface area contributed by atoms with Crippen LogP contribution in [0.1, 0.15) is 17.4 Å². The molecule has 0 saturated heterocycles. The normalized spacial score (nSPS) is 13.5. The van der Waals surface area contributed by atoms with Crippen molar-refractivity contribution in [1.29, 1.82) is 0 Å². The molecule has 19 heavy (non-hydrogen) atoms. The molecule has 0 saturated carbocycles. The second-order valence-electron chi connectivity index (χ2n) is 3.99. The minimum atomic E-state index is -4.48. The molecule has 1 heterocycles. The van der Waals surface area contributed by atoms with Crippen molar-refractivity contribution in [3.05, 3.63) is 52.8 Å². The molecule has 1 unspecified atom stereocenters. The molecule has 1 N–H and O–H groups in total. The van der Waals surface area contributed by atoms with E-state index in [-0.39, 0.29) is 6.54 Å². The molecule has 2 rings (SSSR count). The van der Waals surface area contributed by atoms with E-state index in [0.717, 1.165) is 10.7 Å². The highest BCUT2D eigenvalue weighted by Crippen LogP contribution is 2.27. The van der Waals surface area contributed by atoms with Gasteiger partial charge in [-0.25, -0.2) is 0 Å². The lowest BCUT2D eigenvalue weighted by molar-refractivity contribution is -0.141. The van der Waals surface area contributed by atoms with Gasteiger partial charge in [0.25, 0.3) is 0 Å². The van der Waals surface area contributed by atoms with E-state index in [1.165, 1.54) is 6.20 Å². The maximum Gasteiger partial charge on any atom is 0.435 e. The predicted octanol–water partition coefficient (Wildman–Crippen LogP) is 3.29. The Labute approximate surface area is 112 Å². The molecule has 0 aliphatic rings. The van der Waals surface area contributed by atoms with Gasteiger partial charge in [0.05, 0.1) is 12.6 Å². The largest absolute Gasteiger partial charge is 0.435 e. The summed E-state index contributed by atoms with van der Waals surface area (Å²) in [5.74, 6) is 0. The topological polar surface area (TPSA) is 38.0 Å². The van der Waals surface area contributed by atoms with Gasteiger partial charge in [-0.2, -0.15) is 18.3 Å². The highest BCUT2D eigenvalue weighted by Gasteiger charge is 2.33. The summed E-state index contributed by atoms with van der Waals surface area (Å²) in [7, 11) is 0. The Morgan fingerprint density at radius 1 is 1.32 bits per heavy atom. The predicted molar refractivity (Wildman–Crippen MR) is 63.6 cm³/mol. The first-order chi connectivity index (χ1) is 8.86. The fraction of sp³-hybridized carbons (Fsp3) is 0.250. The van der Waals surface area contributed by atoms with Gasteiger partial charge in [-0.3, -0.25) is 4.68 Å². The van der Waals surface area contributed by atoms with Gasteiger partial charge in [-0.05, 0) is 23.8 Å². The zero-order chi connectivity index (χ0) is 14.0. The highest BCUT2D eigenvalue weighted by atomic mass is 35.5. The smallest absolute Gasteiger partial charge is 0.386 e. The number of hydrogen-bond acceptors (Lipinski definition) is 2. The standard InChI is InChI=1S/C12H10ClF3N2O/c13-9-3-1-2-8(6-9)10(19)7-18-5-4-11(17-18)12(14,15)16/h1-6,10,19H,7H2. The van der Waals surface area contributed by atoms with Gasteiger partial charge in [0, 0.05) is 11.2 Å². The lowest BCUT2D eigenvalue weighted by Crippen LogP contribution is -2.12. The molecule has 0 bridgehead atoms. The van der Waals surface area contributed by atoms with E-state index in [4.69, 9.17) is 11.6 Å². The summed E-state index contributed by atoms with van der Waals surface area (Å²) in [5, 5.41) is 13.7. The van der Waals surface area contributed by atoms with Crippen LogP contribution in [0, 0.1) is 0 Å². The highest BCUT2D eigenvalue weighted by molar-refractivity contribution is 6.30. The van der Waals surface area contributed by atoms with Gasteiger partial charge in [-0.15, -0.1) is 0 Å². The Kier molecular flexibility index (Phi) is 3.82. The van der Waals surface area contributed by atoms with Crippen LogP contribution in [0.25, 0.3) is 0 Å². The van der Waals surface area contributed by atoms with Crippen molar-refractivity contribution in [2.75, 3.05) is 0 Å². The molecule has 0 aliphatic carbocycles. The van der Waals surface area contributed by atoms with Crippen molar-refractivity contribution in [3.63, 3.8) is 0 Å². The minimum absolute atomic E-state index is 0.0730. The Morgan fingerprint density at radius 2 is 2.05 bits per heavy atom. The molecule has 1 aromatic carbocycles. The molecule has 0 fully saturated rings. The van der Waals surface area contributed by atoms with Gasteiger partial charge in [0.2, 0.25) is 0 Å². The first-order valence-electron chi connectivity index (χ1n) is 5.40. The summed E-state index contributed by atoms with van der Waals surface area (Å²) in [6.07, 6.45) is -4.28. The Bertz CT molecular complexity index is 568. The summed E-state index contributed by atoms with van der Waals surface area (Å²) in [5.41, 5.74) is -0.456. The number of rotatable bonds is 3. The summed E-state index contributed by atoms with van der Waals surface area (Å²) in [6.45, 7) is -0.0730. The second-order valence-corrected chi connectivity index (χ2v) is 4.43. The number of aromatic nitrogens is 2. The number of halogens is 4. The van der Waals surface area contributed by atoms with E-state index < -0.39 is 18.0 Å². The fourth-order valence-corrected chi connectivity index (χ4v) is 1.81. The third-order valence-electron chi connectivity index (χ3n) is 2.52. The van der Waals surface area contributed by atoms with Crippen LogP contribution in [0.3, 0.4) is 0 Å². The van der Waals surface area contributed by atoms with Crippen molar-refractivity contribution in [2.45, 2.75) is 18.8 Å². The van der Waals surface area contributed by atoms with Gasteiger partial charge in [-0.1, -0.05) is 23.7 Å². The van der Waals surface area contributed by atoms with Crippen molar-refractivity contribution >= 4 is 11.6 Å². The second kappa shape index (κ2) is 5.22. The van der Waals surface area contributed by atoms with Crippen LogP contribution in [0.4, 0.5) is 13.2 Å². The van der Waals surface area contributed by atoms with Crippen LogP contribution in [0.2, 0.25) is 5.02 Å². The number of nitrogens with zero attached hydrogens (tertiary/aromatic N) is 2. The van der Waals surface area contributed by atoms with E-state index >= 15 is 0 Å². The molecule has 1 aromatic heterocycles. The maximum absolute atomic E-state index is 12.4. The average Bonchev–Trinajstić information content (AvgIpc) is 2.77. The summed E-state index contributed by atoms with van der Waals surface area (Å²) < 4.78 is 38.1. The third-order valence-corrected chi connectivity index (χ3v) is 2.76. The van der Waals surface area contributed by atoms with E-state index in [9.17, 15) is 18.3 Å². The fourth-order valence-electron chi connectivity index (χ4n) is 1.61. The van der Waals surface area contributed by atoms with Crippen LogP contribution >= 0.6 is 11.6 Å². The Hall–Kier alpha value is -1.53. The average molecular weight is 291 g/mol. The van der Waals surface area contributed by atoms with E-state index in [2.05, 4.69) is 5.10 Å². The quantitative estimate of drug-likeness (QED) is 0.942. The van der Waals surface area contributed by atoms with Crippen molar-refractivity contribution in [3.8, 4) is 0 Å². The van der Waals surface area contributed by atoms with Crippen molar-refractivity contribution in [2.24, 2.45) is 0 Å². The maximum atomic E-state index is 12.4. The van der Waals surface area contributed by atoms with Crippen LogP contribution in [0.5, 0.6) is 0 Å². The zero-order valence-electron chi connectivity index (χ0n) is 9.60. The number of benzene rings is 1. The monoisotopic (exact) mass is 290 g/mol. The number of aliphatic hydroxyl groups excluding tert-OH is 1. The number of hydrogen-bond donors (Lipinski definition) is 1. The first-order valence-corrected chi connectivity index (χ1v) is 5.78. The molecule has 0 spiro atoms. The van der Waals surface area contributed by atoms with Crippen molar-refractivity contribution < 1.29 is 18.3 Å². The van der Waals surface area contributed by atoms with E-state index in [0.29, 0.717) is 10.6 Å². The molecule has 0 amide bonds. The van der Waals surface area contributed by atoms with Gasteiger partial charge < -0.3 is 5.11 Å². The third kappa shape index (κ3) is 3.48.